The van der Waals surface area contributed by atoms with Crippen LogP contribution in [0.25, 0.3) is 0 Å². The molecule has 0 fully saturated rings. The highest BCUT2D eigenvalue weighted by molar-refractivity contribution is 5.80. The highest BCUT2D eigenvalue weighted by Crippen LogP contribution is 2.33. The summed E-state index contributed by atoms with van der Waals surface area (Å²) < 4.78 is 10.9. The van der Waals surface area contributed by atoms with E-state index in [0.29, 0.717) is 0 Å². The van der Waals surface area contributed by atoms with E-state index in [1.165, 1.54) is 16.7 Å². The van der Waals surface area contributed by atoms with Crippen LogP contribution < -0.4 is 14.8 Å². The second-order valence-electron chi connectivity index (χ2n) is 6.68. The highest BCUT2D eigenvalue weighted by Gasteiger charge is 2.21. The smallest absolute Gasteiger partial charge is 0.193 e. The number of rotatable bonds is 5. The van der Waals surface area contributed by atoms with Gasteiger partial charge in [0.1, 0.15) is 0 Å². The van der Waals surface area contributed by atoms with Gasteiger partial charge in [-0.1, -0.05) is 6.07 Å². The van der Waals surface area contributed by atoms with Crippen LogP contribution in [0.4, 0.5) is 0 Å². The molecule has 6 nitrogen and oxygen atoms in total. The number of hydrogen-bond acceptors (Lipinski definition) is 4. The Kier molecular flexibility index (Phi) is 6.16. The fraction of sp³-hybridized carbons (Fsp3) is 0.429. The van der Waals surface area contributed by atoms with Crippen molar-refractivity contribution in [2.75, 3.05) is 34.4 Å². The molecular weight excluding hydrogens is 340 g/mol. The van der Waals surface area contributed by atoms with Crippen LogP contribution in [0.1, 0.15) is 22.4 Å². The zero-order valence-electron chi connectivity index (χ0n) is 16.6. The zero-order chi connectivity index (χ0) is 19.2. The number of nitrogens with one attached hydrogen (secondary N) is 1. The van der Waals surface area contributed by atoms with Gasteiger partial charge in [-0.05, 0) is 54.7 Å². The maximum absolute atomic E-state index is 5.45. The summed E-state index contributed by atoms with van der Waals surface area (Å²) in [6.45, 7) is 4.56. The van der Waals surface area contributed by atoms with E-state index >= 15 is 0 Å². The van der Waals surface area contributed by atoms with E-state index in [9.17, 15) is 0 Å². The summed E-state index contributed by atoms with van der Waals surface area (Å²) in [4.78, 5) is 11.1. The van der Waals surface area contributed by atoms with Crippen LogP contribution in [0.15, 0.2) is 35.5 Å². The van der Waals surface area contributed by atoms with Gasteiger partial charge in [-0.25, -0.2) is 0 Å². The molecule has 0 unspecified atom stereocenters. The first-order valence-corrected chi connectivity index (χ1v) is 9.25. The maximum Gasteiger partial charge on any atom is 0.193 e. The molecule has 1 aromatic heterocycles. The lowest BCUT2D eigenvalue weighted by atomic mass is 9.99. The summed E-state index contributed by atoms with van der Waals surface area (Å²) in [6, 6.07) is 8.34. The molecule has 0 saturated heterocycles. The van der Waals surface area contributed by atoms with Gasteiger partial charge in [-0.3, -0.25) is 9.98 Å². The Hall–Kier alpha value is -2.76. The Labute approximate surface area is 161 Å². The molecule has 0 amide bonds. The van der Waals surface area contributed by atoms with Crippen LogP contribution in [0, 0.1) is 6.92 Å². The number of aliphatic imine (C=N–C) groups is 1. The van der Waals surface area contributed by atoms with E-state index in [-0.39, 0.29) is 0 Å². The topological polar surface area (TPSA) is 59.0 Å². The van der Waals surface area contributed by atoms with E-state index in [0.717, 1.165) is 55.6 Å². The number of ether oxygens (including phenoxy) is 2. The Bertz CT molecular complexity index is 803. The first-order valence-electron chi connectivity index (χ1n) is 9.25. The van der Waals surface area contributed by atoms with Crippen LogP contribution in [0.3, 0.4) is 0 Å². The third-order valence-corrected chi connectivity index (χ3v) is 4.90. The van der Waals surface area contributed by atoms with Gasteiger partial charge in [0.05, 0.1) is 14.2 Å². The molecule has 1 N–H and O–H groups in total. The number of methoxy groups -OCH3 is 2. The average Bonchev–Trinajstić information content (AvgIpc) is 2.71. The summed E-state index contributed by atoms with van der Waals surface area (Å²) in [7, 11) is 5.18. The molecular formula is C21H28N4O2. The number of guanidine groups is 1. The normalized spacial score (nSPS) is 13.9. The van der Waals surface area contributed by atoms with Crippen LogP contribution in [0.5, 0.6) is 11.5 Å². The molecule has 27 heavy (non-hydrogen) atoms. The van der Waals surface area contributed by atoms with E-state index in [2.05, 4.69) is 38.4 Å². The van der Waals surface area contributed by atoms with Gasteiger partial charge in [-0.15, -0.1) is 0 Å². The van der Waals surface area contributed by atoms with Gasteiger partial charge < -0.3 is 19.7 Å². The van der Waals surface area contributed by atoms with Gasteiger partial charge in [-0.2, -0.15) is 0 Å². The Morgan fingerprint density at radius 3 is 2.56 bits per heavy atom. The molecule has 3 rings (SSSR count). The minimum absolute atomic E-state index is 0.771. The summed E-state index contributed by atoms with van der Waals surface area (Å²) in [5.74, 6) is 2.49. The Morgan fingerprint density at radius 1 is 1.19 bits per heavy atom. The third kappa shape index (κ3) is 4.51. The number of nitrogens with zero attached hydrogens (tertiary/aromatic N) is 3. The monoisotopic (exact) mass is 368 g/mol. The maximum atomic E-state index is 5.45. The first kappa shape index (κ1) is 19.0. The van der Waals surface area contributed by atoms with E-state index in [1.807, 2.05) is 26.2 Å². The summed E-state index contributed by atoms with van der Waals surface area (Å²) in [5.41, 5.74) is 4.83. The predicted octanol–water partition coefficient (Wildman–Crippen LogP) is 2.58. The number of aromatic nitrogens is 1. The van der Waals surface area contributed by atoms with E-state index < -0.39 is 0 Å². The lowest BCUT2D eigenvalue weighted by molar-refractivity contribution is 0.346. The van der Waals surface area contributed by atoms with Crippen molar-refractivity contribution in [3.05, 3.63) is 52.8 Å². The molecule has 2 aromatic rings. The summed E-state index contributed by atoms with van der Waals surface area (Å²) in [6.07, 6.45) is 3.82. The molecule has 0 atom stereocenters. The molecule has 144 valence electrons. The molecule has 1 aliphatic heterocycles. The molecule has 0 saturated carbocycles. The molecule has 0 spiro atoms. The Balaban J connectivity index is 1.63. The van der Waals surface area contributed by atoms with Crippen molar-refractivity contribution in [3.8, 4) is 11.5 Å². The molecule has 2 heterocycles. The number of fused-ring (bicyclic) bond motifs is 1. The van der Waals surface area contributed by atoms with E-state index in [1.54, 1.807) is 14.2 Å². The van der Waals surface area contributed by atoms with E-state index in [4.69, 9.17) is 9.47 Å². The van der Waals surface area contributed by atoms with Crippen molar-refractivity contribution >= 4 is 5.96 Å². The van der Waals surface area contributed by atoms with Gasteiger partial charge >= 0.3 is 0 Å². The number of benzene rings is 1. The Morgan fingerprint density at radius 2 is 1.93 bits per heavy atom. The van der Waals surface area contributed by atoms with Crippen LogP contribution in [0.2, 0.25) is 0 Å². The zero-order valence-corrected chi connectivity index (χ0v) is 16.6. The van der Waals surface area contributed by atoms with Gasteiger partial charge in [0, 0.05) is 38.6 Å². The molecule has 1 aliphatic rings. The lowest BCUT2D eigenvalue weighted by Crippen LogP contribution is -2.44. The minimum atomic E-state index is 0.771. The van der Waals surface area contributed by atoms with Crippen molar-refractivity contribution < 1.29 is 9.47 Å². The number of hydrogen-bond donors (Lipinski definition) is 1. The minimum Gasteiger partial charge on any atom is -0.493 e. The molecule has 0 aliphatic carbocycles. The third-order valence-electron chi connectivity index (χ3n) is 4.90. The van der Waals surface area contributed by atoms with Gasteiger partial charge in [0.25, 0.3) is 0 Å². The number of aryl methyl sites for hydroxylation is 1. The lowest BCUT2D eigenvalue weighted by Gasteiger charge is -2.32. The largest absolute Gasteiger partial charge is 0.493 e. The molecule has 0 radical (unpaired) electrons. The second kappa shape index (κ2) is 8.75. The fourth-order valence-corrected chi connectivity index (χ4v) is 3.36. The number of pyridine rings is 1. The van der Waals surface area contributed by atoms with Gasteiger partial charge in [0.15, 0.2) is 17.5 Å². The van der Waals surface area contributed by atoms with Crippen LogP contribution >= 0.6 is 0 Å². The first-order chi connectivity index (χ1) is 13.1. The van der Waals surface area contributed by atoms with Crippen molar-refractivity contribution in [1.29, 1.82) is 0 Å². The standard InChI is InChI=1S/C21H28N4O2/c1-15-5-6-16(13-24-15)7-9-23-21(22-2)25-10-8-17-11-19(26-3)20(27-4)12-18(17)14-25/h5-6,11-13H,7-10,14H2,1-4H3,(H,22,23). The SMILES string of the molecule is CN=C(NCCc1ccc(C)nc1)N1CCc2cc(OC)c(OC)cc2C1. The predicted molar refractivity (Wildman–Crippen MR) is 108 cm³/mol. The fourth-order valence-electron chi connectivity index (χ4n) is 3.36. The highest BCUT2D eigenvalue weighted by atomic mass is 16.5. The average molecular weight is 368 g/mol. The van der Waals surface area contributed by atoms with Crippen LogP contribution in [-0.4, -0.2) is 50.2 Å². The van der Waals surface area contributed by atoms with Crippen molar-refractivity contribution in [1.82, 2.24) is 15.2 Å². The molecule has 6 heteroatoms. The summed E-state index contributed by atoms with van der Waals surface area (Å²) in [5, 5.41) is 3.48. The van der Waals surface area contributed by atoms with Crippen molar-refractivity contribution in [2.24, 2.45) is 4.99 Å². The van der Waals surface area contributed by atoms with Crippen molar-refractivity contribution in [3.63, 3.8) is 0 Å². The molecule has 1 aromatic carbocycles. The van der Waals surface area contributed by atoms with Crippen LogP contribution in [-0.2, 0) is 19.4 Å². The molecule has 0 bridgehead atoms. The summed E-state index contributed by atoms with van der Waals surface area (Å²) >= 11 is 0. The quantitative estimate of drug-likeness (QED) is 0.649. The van der Waals surface area contributed by atoms with Gasteiger partial charge in [0.2, 0.25) is 0 Å². The second-order valence-corrected chi connectivity index (χ2v) is 6.68. The van der Waals surface area contributed by atoms with Crippen molar-refractivity contribution in [2.45, 2.75) is 26.3 Å².